The number of carbonyl (C=O) groups is 1. The summed E-state index contributed by atoms with van der Waals surface area (Å²) in [6, 6.07) is 20.8. The molecule has 1 amide bonds. The van der Waals surface area contributed by atoms with Gasteiger partial charge in [0.15, 0.2) is 10.7 Å². The summed E-state index contributed by atoms with van der Waals surface area (Å²) in [5, 5.41) is 5.93. The van der Waals surface area contributed by atoms with Crippen LogP contribution in [0.4, 0.5) is 5.69 Å². The minimum absolute atomic E-state index is 0.227. The van der Waals surface area contributed by atoms with Gasteiger partial charge in [0.1, 0.15) is 5.52 Å². The van der Waals surface area contributed by atoms with E-state index >= 15 is 0 Å². The Balaban J connectivity index is 1.43. The van der Waals surface area contributed by atoms with Crippen molar-refractivity contribution < 1.29 is 9.21 Å². The Hall–Kier alpha value is -3.03. The number of hydrogen-bond acceptors (Lipinski definition) is 4. The molecule has 32 heavy (non-hydrogen) atoms. The first kappa shape index (κ1) is 22.2. The second kappa shape index (κ2) is 9.63. The molecular weight excluding hydrogens is 486 g/mol. The van der Waals surface area contributed by atoms with Crippen LogP contribution in [0.3, 0.4) is 0 Å². The van der Waals surface area contributed by atoms with Crippen molar-refractivity contribution >= 4 is 56.0 Å². The predicted molar refractivity (Wildman–Crippen MR) is 136 cm³/mol. The number of amides is 1. The Kier molecular flexibility index (Phi) is 6.67. The molecule has 0 spiro atoms. The van der Waals surface area contributed by atoms with Gasteiger partial charge in [-0.05, 0) is 90.8 Å². The second-order valence-corrected chi connectivity index (χ2v) is 8.87. The van der Waals surface area contributed by atoms with Crippen molar-refractivity contribution in [2.24, 2.45) is 0 Å². The zero-order valence-corrected chi connectivity index (χ0v) is 20.1. The van der Waals surface area contributed by atoms with Gasteiger partial charge < -0.3 is 9.73 Å². The number of oxazole rings is 1. The van der Waals surface area contributed by atoms with Gasteiger partial charge in [0.05, 0.1) is 0 Å². The third kappa shape index (κ3) is 5.06. The Morgan fingerprint density at radius 2 is 1.81 bits per heavy atom. The largest absolute Gasteiger partial charge is 0.436 e. The van der Waals surface area contributed by atoms with E-state index < -0.39 is 0 Å². The maximum absolute atomic E-state index is 12.3. The lowest BCUT2D eigenvalue weighted by Gasteiger charge is -2.10. The fourth-order valence-corrected chi connectivity index (χ4v) is 3.72. The molecule has 0 saturated carbocycles. The summed E-state index contributed by atoms with van der Waals surface area (Å²) in [5.41, 5.74) is 5.04. The highest BCUT2D eigenvalue weighted by molar-refractivity contribution is 9.10. The molecule has 4 aromatic rings. The number of thiocarbonyl (C=S) groups is 1. The van der Waals surface area contributed by atoms with Crippen LogP contribution in [0.15, 0.2) is 75.6 Å². The van der Waals surface area contributed by atoms with Crippen LogP contribution in [0.25, 0.3) is 22.6 Å². The van der Waals surface area contributed by atoms with E-state index in [9.17, 15) is 4.79 Å². The third-order valence-electron chi connectivity index (χ3n) is 5.32. The molecule has 3 aromatic carbocycles. The molecular formula is C25H22BrN3O2S. The number of benzene rings is 3. The van der Waals surface area contributed by atoms with Gasteiger partial charge in [0.25, 0.3) is 5.91 Å². The molecule has 7 heteroatoms. The molecule has 0 saturated heterocycles. The SMILES string of the molecule is CC[C@@H](C)c1ccc2oc(-c3ccc(NC(=S)NC(=O)c4ccc(Br)cc4)cc3)nc2c1. The van der Waals surface area contributed by atoms with E-state index in [1.54, 1.807) is 24.3 Å². The van der Waals surface area contributed by atoms with E-state index in [1.807, 2.05) is 30.3 Å². The second-order valence-electron chi connectivity index (χ2n) is 7.55. The van der Waals surface area contributed by atoms with E-state index in [0.717, 1.165) is 33.2 Å². The molecule has 0 radical (unpaired) electrons. The zero-order chi connectivity index (χ0) is 22.7. The normalized spacial score (nSPS) is 11.8. The summed E-state index contributed by atoms with van der Waals surface area (Å²) in [4.78, 5) is 16.9. The molecule has 1 heterocycles. The van der Waals surface area contributed by atoms with Crippen LogP contribution in [-0.4, -0.2) is 16.0 Å². The summed E-state index contributed by atoms with van der Waals surface area (Å²) < 4.78 is 6.84. The highest BCUT2D eigenvalue weighted by atomic mass is 79.9. The number of hydrogen-bond donors (Lipinski definition) is 2. The monoisotopic (exact) mass is 507 g/mol. The quantitative estimate of drug-likeness (QED) is 0.287. The number of anilines is 1. The van der Waals surface area contributed by atoms with Crippen molar-refractivity contribution in [3.8, 4) is 11.5 Å². The molecule has 162 valence electrons. The molecule has 0 bridgehead atoms. The first-order chi connectivity index (χ1) is 15.4. The average Bonchev–Trinajstić information content (AvgIpc) is 3.22. The predicted octanol–water partition coefficient (Wildman–Crippen LogP) is 6.90. The van der Waals surface area contributed by atoms with Gasteiger partial charge in [-0.1, -0.05) is 35.8 Å². The lowest BCUT2D eigenvalue weighted by Crippen LogP contribution is -2.34. The van der Waals surface area contributed by atoms with Crippen molar-refractivity contribution in [2.75, 3.05) is 5.32 Å². The Morgan fingerprint density at radius 3 is 2.50 bits per heavy atom. The molecule has 0 aliphatic heterocycles. The van der Waals surface area contributed by atoms with Crippen LogP contribution < -0.4 is 10.6 Å². The van der Waals surface area contributed by atoms with Crippen molar-refractivity contribution in [2.45, 2.75) is 26.2 Å². The molecule has 4 rings (SSSR count). The number of nitrogens with one attached hydrogen (secondary N) is 2. The lowest BCUT2D eigenvalue weighted by atomic mass is 9.98. The maximum Gasteiger partial charge on any atom is 0.257 e. The smallest absolute Gasteiger partial charge is 0.257 e. The topological polar surface area (TPSA) is 67.2 Å². The van der Waals surface area contributed by atoms with E-state index in [1.165, 1.54) is 5.56 Å². The molecule has 1 aromatic heterocycles. The van der Waals surface area contributed by atoms with Crippen LogP contribution in [0.2, 0.25) is 0 Å². The van der Waals surface area contributed by atoms with Crippen LogP contribution in [0, 0.1) is 0 Å². The Morgan fingerprint density at radius 1 is 1.09 bits per heavy atom. The first-order valence-corrected chi connectivity index (χ1v) is 11.5. The van der Waals surface area contributed by atoms with E-state index in [2.05, 4.69) is 57.5 Å². The molecule has 1 atom stereocenters. The summed E-state index contributed by atoms with van der Waals surface area (Å²) in [5.74, 6) is 0.784. The zero-order valence-electron chi connectivity index (χ0n) is 17.7. The van der Waals surface area contributed by atoms with Crippen LogP contribution in [0.1, 0.15) is 42.1 Å². The number of nitrogens with zero attached hydrogens (tertiary/aromatic N) is 1. The van der Waals surface area contributed by atoms with Crippen LogP contribution in [-0.2, 0) is 0 Å². The van der Waals surface area contributed by atoms with Crippen molar-refractivity contribution in [1.29, 1.82) is 0 Å². The number of carbonyl (C=O) groups excluding carboxylic acids is 1. The number of rotatable bonds is 5. The fraction of sp³-hybridized carbons (Fsp3) is 0.160. The molecule has 2 N–H and O–H groups in total. The Bertz CT molecular complexity index is 1270. The van der Waals surface area contributed by atoms with Crippen molar-refractivity contribution in [3.63, 3.8) is 0 Å². The molecule has 0 unspecified atom stereocenters. The molecule has 0 fully saturated rings. The third-order valence-corrected chi connectivity index (χ3v) is 6.05. The van der Waals surface area contributed by atoms with Gasteiger partial charge >= 0.3 is 0 Å². The minimum atomic E-state index is -0.269. The fourth-order valence-electron chi connectivity index (χ4n) is 3.25. The number of fused-ring (bicyclic) bond motifs is 1. The molecule has 0 aliphatic carbocycles. The van der Waals surface area contributed by atoms with Crippen LogP contribution in [0.5, 0.6) is 0 Å². The van der Waals surface area contributed by atoms with Gasteiger partial charge in [-0.2, -0.15) is 0 Å². The van der Waals surface area contributed by atoms with E-state index in [4.69, 9.17) is 16.6 Å². The summed E-state index contributed by atoms with van der Waals surface area (Å²) in [7, 11) is 0. The van der Waals surface area contributed by atoms with Gasteiger partial charge in [0, 0.05) is 21.3 Å². The maximum atomic E-state index is 12.3. The number of aromatic nitrogens is 1. The highest BCUT2D eigenvalue weighted by Crippen LogP contribution is 2.28. The van der Waals surface area contributed by atoms with Crippen molar-refractivity contribution in [3.05, 3.63) is 82.3 Å². The van der Waals surface area contributed by atoms with Crippen molar-refractivity contribution in [1.82, 2.24) is 10.3 Å². The lowest BCUT2D eigenvalue weighted by molar-refractivity contribution is 0.0977. The summed E-state index contributed by atoms with van der Waals surface area (Å²) in [6.45, 7) is 4.39. The van der Waals surface area contributed by atoms with E-state index in [-0.39, 0.29) is 11.0 Å². The summed E-state index contributed by atoms with van der Waals surface area (Å²) in [6.07, 6.45) is 1.08. The van der Waals surface area contributed by atoms with Gasteiger partial charge in [0.2, 0.25) is 5.89 Å². The molecule has 0 aliphatic rings. The van der Waals surface area contributed by atoms with Gasteiger partial charge in [-0.25, -0.2) is 4.98 Å². The van der Waals surface area contributed by atoms with Crippen LogP contribution >= 0.6 is 28.1 Å². The first-order valence-electron chi connectivity index (χ1n) is 10.3. The van der Waals surface area contributed by atoms with E-state index in [0.29, 0.717) is 17.4 Å². The highest BCUT2D eigenvalue weighted by Gasteiger charge is 2.12. The van der Waals surface area contributed by atoms with Gasteiger partial charge in [-0.15, -0.1) is 0 Å². The standard InChI is InChI=1S/C25H22BrN3O2S/c1-3-15(2)18-8-13-22-21(14-18)28-24(31-22)17-6-11-20(12-7-17)27-25(32)29-23(30)16-4-9-19(26)10-5-16/h4-15H,3H2,1-2H3,(H2,27,29,30,32)/t15-/m1/s1. The molecule has 5 nitrogen and oxygen atoms in total. The Labute approximate surface area is 200 Å². The minimum Gasteiger partial charge on any atom is -0.436 e. The summed E-state index contributed by atoms with van der Waals surface area (Å²) >= 11 is 8.62. The number of halogens is 1. The average molecular weight is 508 g/mol. The van der Waals surface area contributed by atoms with Gasteiger partial charge in [-0.3, -0.25) is 10.1 Å².